The minimum absolute atomic E-state index is 0. The third kappa shape index (κ3) is 11.0. The molecule has 10 heteroatoms. The first-order chi connectivity index (χ1) is 13.0. The molecule has 2 aliphatic rings. The van der Waals surface area contributed by atoms with E-state index in [0.717, 1.165) is 39.1 Å². The molecule has 2 saturated heterocycles. The van der Waals surface area contributed by atoms with Gasteiger partial charge in [-0.05, 0) is 38.5 Å². The van der Waals surface area contributed by atoms with Gasteiger partial charge in [-0.1, -0.05) is 0 Å². The maximum absolute atomic E-state index is 12.5. The number of ether oxygens (including phenoxy) is 2. The van der Waals surface area contributed by atoms with Crippen LogP contribution in [0, 0.1) is 5.92 Å². The van der Waals surface area contributed by atoms with Crippen molar-refractivity contribution in [3.63, 3.8) is 0 Å². The minimum atomic E-state index is -4.14. The summed E-state index contributed by atoms with van der Waals surface area (Å²) in [5.74, 6) is 1.27. The Morgan fingerprint density at radius 3 is 2.68 bits per heavy atom. The van der Waals surface area contributed by atoms with Crippen molar-refractivity contribution in [2.24, 2.45) is 10.9 Å². The number of alkyl halides is 3. The molecule has 0 saturated carbocycles. The normalized spacial score (nSPS) is 22.1. The molecule has 0 aromatic heterocycles. The molecule has 0 spiro atoms. The maximum Gasteiger partial charge on any atom is 0.401 e. The van der Waals surface area contributed by atoms with Gasteiger partial charge in [0.05, 0.1) is 6.54 Å². The van der Waals surface area contributed by atoms with Crippen molar-refractivity contribution >= 4 is 29.9 Å². The van der Waals surface area contributed by atoms with E-state index in [9.17, 15) is 13.2 Å². The number of halogens is 4. The Kier molecular flexibility index (Phi) is 12.7. The van der Waals surface area contributed by atoms with Crippen molar-refractivity contribution in [2.45, 2.75) is 44.8 Å². The summed E-state index contributed by atoms with van der Waals surface area (Å²) < 4.78 is 48.5. The van der Waals surface area contributed by atoms with E-state index in [0.29, 0.717) is 51.1 Å². The second-order valence-electron chi connectivity index (χ2n) is 7.23. The van der Waals surface area contributed by atoms with Crippen LogP contribution >= 0.6 is 24.0 Å². The Morgan fingerprint density at radius 1 is 1.25 bits per heavy atom. The highest BCUT2D eigenvalue weighted by Gasteiger charge is 2.34. The molecule has 2 aliphatic heterocycles. The van der Waals surface area contributed by atoms with Crippen molar-refractivity contribution in [1.29, 1.82) is 0 Å². The van der Waals surface area contributed by atoms with Gasteiger partial charge in [0, 0.05) is 58.6 Å². The molecular formula is C18H34F3IN4O2. The summed E-state index contributed by atoms with van der Waals surface area (Å²) in [5.41, 5.74) is 0. The molecule has 0 aromatic carbocycles. The molecule has 0 radical (unpaired) electrons. The van der Waals surface area contributed by atoms with Crippen LogP contribution in [0.4, 0.5) is 13.2 Å². The molecule has 2 N–H and O–H groups in total. The molecule has 6 nitrogen and oxygen atoms in total. The first-order valence-corrected chi connectivity index (χ1v) is 9.95. The zero-order valence-corrected chi connectivity index (χ0v) is 18.9. The van der Waals surface area contributed by atoms with Gasteiger partial charge < -0.3 is 20.1 Å². The maximum atomic E-state index is 12.5. The lowest BCUT2D eigenvalue weighted by molar-refractivity contribution is -0.143. The van der Waals surface area contributed by atoms with E-state index in [1.165, 1.54) is 4.90 Å². The summed E-state index contributed by atoms with van der Waals surface area (Å²) in [5, 5.41) is 6.41. The van der Waals surface area contributed by atoms with Gasteiger partial charge in [0.2, 0.25) is 0 Å². The van der Waals surface area contributed by atoms with Gasteiger partial charge in [0.25, 0.3) is 0 Å². The van der Waals surface area contributed by atoms with Crippen LogP contribution in [0.1, 0.15) is 32.6 Å². The van der Waals surface area contributed by atoms with Crippen LogP contribution in [0.2, 0.25) is 0 Å². The number of hydrogen-bond donors (Lipinski definition) is 2. The van der Waals surface area contributed by atoms with Gasteiger partial charge in [0.1, 0.15) is 0 Å². The predicted molar refractivity (Wildman–Crippen MR) is 114 cm³/mol. The minimum Gasteiger partial charge on any atom is -0.381 e. The van der Waals surface area contributed by atoms with Gasteiger partial charge in [-0.15, -0.1) is 24.0 Å². The van der Waals surface area contributed by atoms with Gasteiger partial charge in [0.15, 0.2) is 5.96 Å². The van der Waals surface area contributed by atoms with E-state index < -0.39 is 12.7 Å². The lowest BCUT2D eigenvalue weighted by Gasteiger charge is -2.21. The van der Waals surface area contributed by atoms with Crippen molar-refractivity contribution in [3.05, 3.63) is 0 Å². The molecule has 1 unspecified atom stereocenters. The molecule has 166 valence electrons. The average Bonchev–Trinajstić information content (AvgIpc) is 3.04. The fraction of sp³-hybridized carbons (Fsp3) is 0.944. The molecule has 0 amide bonds. The molecule has 0 aliphatic carbocycles. The van der Waals surface area contributed by atoms with E-state index >= 15 is 0 Å². The molecule has 2 fully saturated rings. The van der Waals surface area contributed by atoms with E-state index in [4.69, 9.17) is 9.47 Å². The van der Waals surface area contributed by atoms with Crippen molar-refractivity contribution in [2.75, 3.05) is 59.2 Å². The van der Waals surface area contributed by atoms with Crippen LogP contribution in [0.5, 0.6) is 0 Å². The zero-order chi connectivity index (χ0) is 19.5. The Hall–Kier alpha value is -0.330. The number of nitrogens with zero attached hydrogens (tertiary/aromatic N) is 2. The number of aliphatic imine (C=N–C) groups is 1. The third-order valence-corrected chi connectivity index (χ3v) is 4.77. The van der Waals surface area contributed by atoms with Crippen LogP contribution in [0.25, 0.3) is 0 Å². The predicted octanol–water partition coefficient (Wildman–Crippen LogP) is 2.63. The van der Waals surface area contributed by atoms with Crippen LogP contribution < -0.4 is 10.6 Å². The summed E-state index contributed by atoms with van der Waals surface area (Å²) in [4.78, 5) is 5.95. The van der Waals surface area contributed by atoms with Crippen LogP contribution in [0.15, 0.2) is 4.99 Å². The lowest BCUT2D eigenvalue weighted by Crippen LogP contribution is -2.45. The van der Waals surface area contributed by atoms with E-state index in [1.54, 1.807) is 0 Å². The number of likely N-dealkylation sites (tertiary alicyclic amines) is 1. The number of nitrogens with one attached hydrogen (secondary N) is 2. The molecule has 28 heavy (non-hydrogen) atoms. The lowest BCUT2D eigenvalue weighted by atomic mass is 10.0. The number of guanidine groups is 1. The Bertz CT molecular complexity index is 449. The van der Waals surface area contributed by atoms with E-state index in [2.05, 4.69) is 15.6 Å². The highest BCUT2D eigenvalue weighted by Crippen LogP contribution is 2.20. The highest BCUT2D eigenvalue weighted by molar-refractivity contribution is 14.0. The summed E-state index contributed by atoms with van der Waals surface area (Å²) in [6.45, 7) is 6.42. The van der Waals surface area contributed by atoms with Gasteiger partial charge in [-0.2, -0.15) is 13.2 Å². The van der Waals surface area contributed by atoms with Crippen LogP contribution in [0.3, 0.4) is 0 Å². The molecule has 0 bridgehead atoms. The highest BCUT2D eigenvalue weighted by atomic mass is 127. The van der Waals surface area contributed by atoms with Gasteiger partial charge in [-0.3, -0.25) is 9.89 Å². The number of hydrogen-bond acceptors (Lipinski definition) is 4. The van der Waals surface area contributed by atoms with Crippen molar-refractivity contribution in [1.82, 2.24) is 15.5 Å². The van der Waals surface area contributed by atoms with Gasteiger partial charge in [-0.25, -0.2) is 0 Å². The molecule has 2 heterocycles. The summed E-state index contributed by atoms with van der Waals surface area (Å²) >= 11 is 0. The second kappa shape index (κ2) is 13.8. The molecule has 2 rings (SSSR count). The van der Waals surface area contributed by atoms with Crippen molar-refractivity contribution < 1.29 is 22.6 Å². The number of rotatable bonds is 9. The smallest absolute Gasteiger partial charge is 0.381 e. The van der Waals surface area contributed by atoms with E-state index in [1.807, 2.05) is 6.92 Å². The molecule has 0 aromatic rings. The molecular weight excluding hydrogens is 488 g/mol. The average molecular weight is 522 g/mol. The first kappa shape index (κ1) is 25.7. The third-order valence-electron chi connectivity index (χ3n) is 4.77. The second-order valence-corrected chi connectivity index (χ2v) is 7.23. The summed E-state index contributed by atoms with van der Waals surface area (Å²) in [6.07, 6.45) is -0.490. The van der Waals surface area contributed by atoms with Gasteiger partial charge >= 0.3 is 6.18 Å². The Balaban J connectivity index is 0.00000392. The van der Waals surface area contributed by atoms with Crippen LogP contribution in [-0.2, 0) is 9.47 Å². The standard InChI is InChI=1S/C18H33F3N4O2.HI/c1-2-22-17(24-16-4-8-25(12-16)14-18(19,20)21)23-7-3-9-27-13-15-5-10-26-11-6-15;/h15-16H,2-14H2,1H3,(H2,22,23,24);1H. The fourth-order valence-electron chi connectivity index (χ4n) is 3.38. The molecule has 1 atom stereocenters. The monoisotopic (exact) mass is 522 g/mol. The van der Waals surface area contributed by atoms with E-state index in [-0.39, 0.29) is 30.0 Å². The zero-order valence-electron chi connectivity index (χ0n) is 16.6. The Labute approximate surface area is 183 Å². The van der Waals surface area contributed by atoms with Crippen molar-refractivity contribution in [3.8, 4) is 0 Å². The topological polar surface area (TPSA) is 58.1 Å². The SMILES string of the molecule is CCNC(=NCCCOCC1CCOCC1)NC1CCN(CC(F)(F)F)C1.I. The quantitative estimate of drug-likeness (QED) is 0.211. The first-order valence-electron chi connectivity index (χ1n) is 9.95. The Morgan fingerprint density at radius 2 is 2.00 bits per heavy atom. The fourth-order valence-corrected chi connectivity index (χ4v) is 3.38. The van der Waals surface area contributed by atoms with Crippen LogP contribution in [-0.4, -0.2) is 82.2 Å². The largest absolute Gasteiger partial charge is 0.401 e. The summed E-state index contributed by atoms with van der Waals surface area (Å²) in [6, 6.07) is -0.00470. The summed E-state index contributed by atoms with van der Waals surface area (Å²) in [7, 11) is 0.